The zero-order chi connectivity index (χ0) is 15.6. The lowest BCUT2D eigenvalue weighted by molar-refractivity contribution is -0.0132. The Morgan fingerprint density at radius 3 is 2.62 bits per heavy atom. The van der Waals surface area contributed by atoms with Crippen molar-refractivity contribution in [3.05, 3.63) is 17.5 Å². The van der Waals surface area contributed by atoms with E-state index in [0.29, 0.717) is 11.8 Å². The summed E-state index contributed by atoms with van der Waals surface area (Å²) < 4.78 is 2.14. The molecule has 1 aliphatic rings. The number of hydrogen-bond donors (Lipinski definition) is 1. The molecule has 1 aliphatic carbocycles. The molecular formula is C18H32N2O. The highest BCUT2D eigenvalue weighted by Gasteiger charge is 2.38. The zero-order valence-electron chi connectivity index (χ0n) is 14.4. The summed E-state index contributed by atoms with van der Waals surface area (Å²) in [6.45, 7) is 12.1. The fourth-order valence-electron chi connectivity index (χ4n) is 3.96. The van der Waals surface area contributed by atoms with E-state index in [2.05, 4.69) is 50.5 Å². The van der Waals surface area contributed by atoms with Crippen LogP contribution in [0.3, 0.4) is 0 Å². The van der Waals surface area contributed by atoms with Gasteiger partial charge in [-0.2, -0.15) is 5.10 Å². The molecule has 0 aliphatic heterocycles. The van der Waals surface area contributed by atoms with Gasteiger partial charge in [-0.3, -0.25) is 4.68 Å². The SMILES string of the molecule is CCc1cc(CC(C)(C)C2CCC(C)CC2O)n(CC)n1. The smallest absolute Gasteiger partial charge is 0.0624 e. The predicted octanol–water partition coefficient (Wildman–Crippen LogP) is 3.83. The van der Waals surface area contributed by atoms with Crippen LogP contribution in [0.5, 0.6) is 0 Å². The molecule has 0 bridgehead atoms. The maximum Gasteiger partial charge on any atom is 0.0624 e. The molecule has 3 unspecified atom stereocenters. The van der Waals surface area contributed by atoms with Crippen molar-refractivity contribution in [2.45, 2.75) is 79.4 Å². The normalized spacial score (nSPS) is 27.0. The second-order valence-corrected chi connectivity index (χ2v) is 7.55. The minimum atomic E-state index is -0.146. The molecule has 0 aromatic carbocycles. The third-order valence-electron chi connectivity index (χ3n) is 5.29. The quantitative estimate of drug-likeness (QED) is 0.895. The van der Waals surface area contributed by atoms with Gasteiger partial charge in [-0.25, -0.2) is 0 Å². The molecule has 1 aromatic rings. The van der Waals surface area contributed by atoms with E-state index in [1.807, 2.05) is 0 Å². The molecular weight excluding hydrogens is 260 g/mol. The Hall–Kier alpha value is -0.830. The van der Waals surface area contributed by atoms with Crippen LogP contribution in [0.4, 0.5) is 0 Å². The van der Waals surface area contributed by atoms with Crippen LogP contribution in [0, 0.1) is 17.3 Å². The number of aliphatic hydroxyl groups excluding tert-OH is 1. The minimum Gasteiger partial charge on any atom is -0.393 e. The molecule has 0 radical (unpaired) electrons. The molecule has 1 fully saturated rings. The maximum absolute atomic E-state index is 10.5. The summed E-state index contributed by atoms with van der Waals surface area (Å²) in [5.41, 5.74) is 2.63. The highest BCUT2D eigenvalue weighted by Crippen LogP contribution is 2.42. The summed E-state index contributed by atoms with van der Waals surface area (Å²) in [6, 6.07) is 2.25. The van der Waals surface area contributed by atoms with Crippen LogP contribution in [0.1, 0.15) is 65.3 Å². The number of aliphatic hydroxyl groups is 1. The van der Waals surface area contributed by atoms with Gasteiger partial charge in [0.2, 0.25) is 0 Å². The summed E-state index contributed by atoms with van der Waals surface area (Å²) in [5.74, 6) is 1.07. The Morgan fingerprint density at radius 2 is 2.05 bits per heavy atom. The van der Waals surface area contributed by atoms with Crippen molar-refractivity contribution in [1.82, 2.24) is 9.78 Å². The van der Waals surface area contributed by atoms with Crippen LogP contribution >= 0.6 is 0 Å². The fourth-order valence-corrected chi connectivity index (χ4v) is 3.96. The number of nitrogens with zero attached hydrogens (tertiary/aromatic N) is 2. The molecule has 0 spiro atoms. The second kappa shape index (κ2) is 6.51. The van der Waals surface area contributed by atoms with E-state index in [0.717, 1.165) is 32.2 Å². The second-order valence-electron chi connectivity index (χ2n) is 7.55. The van der Waals surface area contributed by atoms with E-state index in [-0.39, 0.29) is 11.5 Å². The van der Waals surface area contributed by atoms with Gasteiger partial charge in [0, 0.05) is 12.2 Å². The van der Waals surface area contributed by atoms with E-state index >= 15 is 0 Å². The van der Waals surface area contributed by atoms with Crippen LogP contribution in [0.25, 0.3) is 0 Å². The van der Waals surface area contributed by atoms with Crippen molar-refractivity contribution in [1.29, 1.82) is 0 Å². The summed E-state index contributed by atoms with van der Waals surface area (Å²) in [6.07, 6.45) is 5.21. The minimum absolute atomic E-state index is 0.123. The molecule has 1 aromatic heterocycles. The molecule has 3 nitrogen and oxygen atoms in total. The number of aromatic nitrogens is 2. The number of aryl methyl sites for hydroxylation is 2. The van der Waals surface area contributed by atoms with E-state index in [1.54, 1.807) is 0 Å². The van der Waals surface area contributed by atoms with Crippen molar-refractivity contribution in [3.8, 4) is 0 Å². The highest BCUT2D eigenvalue weighted by atomic mass is 16.3. The zero-order valence-corrected chi connectivity index (χ0v) is 14.4. The van der Waals surface area contributed by atoms with Gasteiger partial charge in [0.25, 0.3) is 0 Å². The molecule has 3 heteroatoms. The van der Waals surface area contributed by atoms with Crippen molar-refractivity contribution < 1.29 is 5.11 Å². The first-order chi connectivity index (χ1) is 9.87. The molecule has 1 N–H and O–H groups in total. The van der Waals surface area contributed by atoms with Crippen LogP contribution < -0.4 is 0 Å². The van der Waals surface area contributed by atoms with Crippen LogP contribution in [-0.4, -0.2) is 21.0 Å². The van der Waals surface area contributed by atoms with Crippen LogP contribution in [-0.2, 0) is 19.4 Å². The average Bonchev–Trinajstić information content (AvgIpc) is 2.79. The van der Waals surface area contributed by atoms with Crippen molar-refractivity contribution >= 4 is 0 Å². The maximum atomic E-state index is 10.5. The molecule has 21 heavy (non-hydrogen) atoms. The molecule has 120 valence electrons. The van der Waals surface area contributed by atoms with Gasteiger partial charge in [0.15, 0.2) is 0 Å². The molecule has 0 amide bonds. The van der Waals surface area contributed by atoms with Crippen molar-refractivity contribution in [2.75, 3.05) is 0 Å². The Morgan fingerprint density at radius 1 is 1.33 bits per heavy atom. The summed E-state index contributed by atoms with van der Waals surface area (Å²) >= 11 is 0. The van der Waals surface area contributed by atoms with Gasteiger partial charge < -0.3 is 5.11 Å². The van der Waals surface area contributed by atoms with Crippen molar-refractivity contribution in [3.63, 3.8) is 0 Å². The standard InChI is InChI=1S/C18H32N2O/c1-6-14-11-15(20(7-2)19-14)12-18(4,5)16-9-8-13(3)10-17(16)21/h11,13,16-17,21H,6-10,12H2,1-5H3. The van der Waals surface area contributed by atoms with E-state index in [4.69, 9.17) is 0 Å². The first-order valence-corrected chi connectivity index (χ1v) is 8.61. The monoisotopic (exact) mass is 292 g/mol. The van der Waals surface area contributed by atoms with Gasteiger partial charge in [0.1, 0.15) is 0 Å². The summed E-state index contributed by atoms with van der Waals surface area (Å²) in [5, 5.41) is 15.2. The van der Waals surface area contributed by atoms with E-state index < -0.39 is 0 Å². The first kappa shape index (κ1) is 16.5. The summed E-state index contributed by atoms with van der Waals surface area (Å²) in [7, 11) is 0. The van der Waals surface area contributed by atoms with Gasteiger partial charge in [0.05, 0.1) is 11.8 Å². The lowest BCUT2D eigenvalue weighted by Gasteiger charge is -2.42. The third kappa shape index (κ3) is 3.68. The molecule has 3 atom stereocenters. The fraction of sp³-hybridized carbons (Fsp3) is 0.833. The van der Waals surface area contributed by atoms with Crippen molar-refractivity contribution in [2.24, 2.45) is 17.3 Å². The van der Waals surface area contributed by atoms with Crippen LogP contribution in [0.2, 0.25) is 0 Å². The third-order valence-corrected chi connectivity index (χ3v) is 5.29. The summed E-state index contributed by atoms with van der Waals surface area (Å²) in [4.78, 5) is 0. The van der Waals surface area contributed by atoms with E-state index in [9.17, 15) is 5.11 Å². The predicted molar refractivity (Wildman–Crippen MR) is 87.3 cm³/mol. The first-order valence-electron chi connectivity index (χ1n) is 8.61. The largest absolute Gasteiger partial charge is 0.393 e. The van der Waals surface area contributed by atoms with Crippen LogP contribution in [0.15, 0.2) is 6.07 Å². The molecule has 1 saturated carbocycles. The van der Waals surface area contributed by atoms with Gasteiger partial charge in [-0.15, -0.1) is 0 Å². The Kier molecular flexibility index (Phi) is 5.13. The lowest BCUT2D eigenvalue weighted by Crippen LogP contribution is -2.40. The topological polar surface area (TPSA) is 38.0 Å². The Balaban J connectivity index is 2.14. The molecule has 1 heterocycles. The molecule has 2 rings (SSSR count). The Labute approximate surface area is 129 Å². The van der Waals surface area contributed by atoms with Gasteiger partial charge >= 0.3 is 0 Å². The van der Waals surface area contributed by atoms with Gasteiger partial charge in [-0.1, -0.05) is 34.1 Å². The lowest BCUT2D eigenvalue weighted by atomic mass is 9.65. The Bertz CT molecular complexity index is 464. The van der Waals surface area contributed by atoms with E-state index in [1.165, 1.54) is 17.8 Å². The average molecular weight is 292 g/mol. The molecule has 0 saturated heterocycles. The highest BCUT2D eigenvalue weighted by molar-refractivity contribution is 5.13. The number of hydrogen-bond acceptors (Lipinski definition) is 2. The van der Waals surface area contributed by atoms with Gasteiger partial charge in [-0.05, 0) is 55.9 Å². The number of rotatable bonds is 5.